The number of rotatable bonds is 5. The summed E-state index contributed by atoms with van der Waals surface area (Å²) < 4.78 is 32.3. The Balaban J connectivity index is 1.80. The van der Waals surface area contributed by atoms with Crippen LogP contribution in [-0.2, 0) is 5.75 Å². The molecule has 0 spiro atoms. The SMILES string of the molecule is [2H]C([2H])([2H])Oc1c(C)cnc(CSc2nc3cc(OC)ccc3[nH]2)c1C. The summed E-state index contributed by atoms with van der Waals surface area (Å²) >= 11 is 1.49. The molecule has 0 amide bonds. The quantitative estimate of drug-likeness (QED) is 0.718. The van der Waals surface area contributed by atoms with E-state index in [0.29, 0.717) is 17.1 Å². The van der Waals surface area contributed by atoms with Gasteiger partial charge in [0.25, 0.3) is 0 Å². The van der Waals surface area contributed by atoms with Gasteiger partial charge in [-0.1, -0.05) is 11.8 Å². The van der Waals surface area contributed by atoms with Crippen LogP contribution in [0.2, 0.25) is 0 Å². The van der Waals surface area contributed by atoms with Crippen LogP contribution in [0.3, 0.4) is 0 Å². The van der Waals surface area contributed by atoms with Crippen LogP contribution in [0.1, 0.15) is 20.9 Å². The van der Waals surface area contributed by atoms with Crippen LogP contribution < -0.4 is 9.47 Å². The lowest BCUT2D eigenvalue weighted by Gasteiger charge is -2.11. The predicted octanol–water partition coefficient (Wildman–Crippen LogP) is 3.88. The first-order valence-corrected chi connectivity index (χ1v) is 8.06. The van der Waals surface area contributed by atoms with Crippen LogP contribution >= 0.6 is 11.8 Å². The Morgan fingerprint density at radius 2 is 2.17 bits per heavy atom. The standard InChI is InChI=1S/C17H19N3O2S/c1-10-8-18-15(11(2)16(10)22-4)9-23-17-19-13-6-5-12(21-3)7-14(13)20-17/h5-8H,9H2,1-4H3,(H,19,20)/i4D3. The molecule has 0 bridgehead atoms. The number of nitrogens with one attached hydrogen (secondary N) is 1. The maximum Gasteiger partial charge on any atom is 0.166 e. The molecule has 23 heavy (non-hydrogen) atoms. The predicted molar refractivity (Wildman–Crippen MR) is 92.5 cm³/mol. The third kappa shape index (κ3) is 3.12. The van der Waals surface area contributed by atoms with Crippen molar-refractivity contribution in [3.63, 3.8) is 0 Å². The zero-order valence-corrected chi connectivity index (χ0v) is 14.0. The summed E-state index contributed by atoms with van der Waals surface area (Å²) in [5.41, 5.74) is 3.94. The van der Waals surface area contributed by atoms with E-state index in [1.165, 1.54) is 11.8 Å². The van der Waals surface area contributed by atoms with Crippen molar-refractivity contribution < 1.29 is 13.6 Å². The number of imidazole rings is 1. The summed E-state index contributed by atoms with van der Waals surface area (Å²) in [5.74, 6) is 1.66. The number of fused-ring (bicyclic) bond motifs is 1. The van der Waals surface area contributed by atoms with Crippen LogP contribution in [0, 0.1) is 13.8 Å². The number of ether oxygens (including phenoxy) is 2. The highest BCUT2D eigenvalue weighted by molar-refractivity contribution is 7.98. The van der Waals surface area contributed by atoms with Crippen LogP contribution in [0.5, 0.6) is 11.5 Å². The summed E-state index contributed by atoms with van der Waals surface area (Å²) in [6.45, 7) is 3.60. The highest BCUT2D eigenvalue weighted by atomic mass is 32.2. The minimum Gasteiger partial charge on any atom is -0.497 e. The zero-order valence-electron chi connectivity index (χ0n) is 16.1. The largest absolute Gasteiger partial charge is 0.497 e. The van der Waals surface area contributed by atoms with E-state index in [-0.39, 0.29) is 0 Å². The molecule has 2 aromatic heterocycles. The monoisotopic (exact) mass is 332 g/mol. The zero-order chi connectivity index (χ0) is 18.9. The molecule has 3 aromatic rings. The summed E-state index contributed by atoms with van der Waals surface area (Å²) in [6.07, 6.45) is 1.63. The van der Waals surface area contributed by atoms with Gasteiger partial charge in [-0.05, 0) is 26.0 Å². The van der Waals surface area contributed by atoms with E-state index in [1.54, 1.807) is 20.2 Å². The number of aryl methyl sites for hydroxylation is 1. The van der Waals surface area contributed by atoms with Gasteiger partial charge in [-0.25, -0.2) is 4.98 Å². The molecule has 1 N–H and O–H groups in total. The first-order valence-electron chi connectivity index (χ1n) is 8.57. The molecular weight excluding hydrogens is 310 g/mol. The maximum atomic E-state index is 7.32. The number of nitrogens with zero attached hydrogens (tertiary/aromatic N) is 2. The fourth-order valence-corrected chi connectivity index (χ4v) is 3.26. The molecule has 0 fully saturated rings. The van der Waals surface area contributed by atoms with Gasteiger partial charge in [0, 0.05) is 29.1 Å². The Hall–Kier alpha value is -2.21. The highest BCUT2D eigenvalue weighted by Crippen LogP contribution is 2.29. The van der Waals surface area contributed by atoms with Crippen LogP contribution in [-0.4, -0.2) is 29.1 Å². The molecule has 6 heteroatoms. The number of hydrogen-bond acceptors (Lipinski definition) is 5. The Morgan fingerprint density at radius 1 is 1.30 bits per heavy atom. The molecule has 0 saturated carbocycles. The van der Waals surface area contributed by atoms with Crippen molar-refractivity contribution in [2.45, 2.75) is 24.8 Å². The Kier molecular flexibility index (Phi) is 3.46. The van der Waals surface area contributed by atoms with Crippen molar-refractivity contribution in [2.24, 2.45) is 0 Å². The average molecular weight is 332 g/mol. The van der Waals surface area contributed by atoms with Crippen molar-refractivity contribution >= 4 is 22.8 Å². The second-order valence-electron chi connectivity index (χ2n) is 5.16. The molecule has 5 nitrogen and oxygen atoms in total. The van der Waals surface area contributed by atoms with Crippen molar-refractivity contribution in [1.29, 1.82) is 0 Å². The molecule has 0 aliphatic heterocycles. The van der Waals surface area contributed by atoms with Gasteiger partial charge in [0.15, 0.2) is 5.16 Å². The van der Waals surface area contributed by atoms with Crippen molar-refractivity contribution in [1.82, 2.24) is 15.0 Å². The summed E-state index contributed by atoms with van der Waals surface area (Å²) in [4.78, 5) is 12.2. The van der Waals surface area contributed by atoms with Gasteiger partial charge in [-0.3, -0.25) is 4.98 Å². The lowest BCUT2D eigenvalue weighted by Crippen LogP contribution is -1.98. The Morgan fingerprint density at radius 3 is 2.96 bits per heavy atom. The third-order valence-corrected chi connectivity index (χ3v) is 4.55. The van der Waals surface area contributed by atoms with Gasteiger partial charge in [0.05, 0.1) is 35.0 Å². The van der Waals surface area contributed by atoms with E-state index in [1.807, 2.05) is 25.1 Å². The van der Waals surface area contributed by atoms with Gasteiger partial charge < -0.3 is 14.5 Å². The fraction of sp³-hybridized carbons (Fsp3) is 0.294. The van der Waals surface area contributed by atoms with Gasteiger partial charge >= 0.3 is 0 Å². The number of benzene rings is 1. The second-order valence-corrected chi connectivity index (χ2v) is 6.12. The fourth-order valence-electron chi connectivity index (χ4n) is 2.35. The molecule has 0 radical (unpaired) electrons. The topological polar surface area (TPSA) is 60.0 Å². The first-order chi connectivity index (χ1) is 12.3. The van der Waals surface area contributed by atoms with E-state index < -0.39 is 7.04 Å². The van der Waals surface area contributed by atoms with E-state index in [9.17, 15) is 0 Å². The van der Waals surface area contributed by atoms with Crippen LogP contribution in [0.15, 0.2) is 29.6 Å². The van der Waals surface area contributed by atoms with Crippen LogP contribution in [0.25, 0.3) is 11.0 Å². The minimum absolute atomic E-state index is 0.366. The molecule has 3 rings (SSSR count). The molecule has 0 saturated heterocycles. The van der Waals surface area contributed by atoms with Crippen molar-refractivity contribution in [3.05, 3.63) is 41.2 Å². The Labute approximate surface area is 143 Å². The molecule has 1 aromatic carbocycles. The maximum absolute atomic E-state index is 7.32. The lowest BCUT2D eigenvalue weighted by molar-refractivity contribution is 0.407. The molecule has 0 atom stereocenters. The number of thioether (sulfide) groups is 1. The lowest BCUT2D eigenvalue weighted by atomic mass is 10.1. The minimum atomic E-state index is -2.49. The summed E-state index contributed by atoms with van der Waals surface area (Å²) in [5, 5.41) is 0.758. The molecule has 0 unspecified atom stereocenters. The Bertz CT molecular complexity index is 941. The summed E-state index contributed by atoms with van der Waals surface area (Å²) in [6, 6.07) is 5.66. The number of hydrogen-bond donors (Lipinski definition) is 1. The number of aromatic amines is 1. The van der Waals surface area contributed by atoms with Crippen molar-refractivity contribution in [3.8, 4) is 11.5 Å². The average Bonchev–Trinajstić information content (AvgIpc) is 2.98. The van der Waals surface area contributed by atoms with E-state index in [4.69, 9.17) is 13.6 Å². The smallest absolute Gasteiger partial charge is 0.166 e. The number of H-pyrrole nitrogens is 1. The number of methoxy groups -OCH3 is 2. The third-order valence-electron chi connectivity index (χ3n) is 3.66. The molecule has 2 heterocycles. The van der Waals surface area contributed by atoms with Crippen LogP contribution in [0.4, 0.5) is 0 Å². The van der Waals surface area contributed by atoms with Gasteiger partial charge in [0.1, 0.15) is 11.5 Å². The van der Waals surface area contributed by atoms with Gasteiger partial charge in [-0.2, -0.15) is 0 Å². The molecule has 0 aliphatic rings. The second kappa shape index (κ2) is 6.50. The van der Waals surface area contributed by atoms with E-state index in [2.05, 4.69) is 15.0 Å². The highest BCUT2D eigenvalue weighted by Gasteiger charge is 2.11. The van der Waals surface area contributed by atoms with E-state index >= 15 is 0 Å². The van der Waals surface area contributed by atoms with Gasteiger partial charge in [-0.15, -0.1) is 0 Å². The molecule has 120 valence electrons. The number of aromatic nitrogens is 3. The normalized spacial score (nSPS) is 13.4. The summed E-state index contributed by atoms with van der Waals surface area (Å²) in [7, 11) is -0.868. The van der Waals surface area contributed by atoms with Crippen molar-refractivity contribution in [2.75, 3.05) is 14.1 Å². The molecular formula is C17H19N3O2S. The first kappa shape index (κ1) is 12.2. The number of pyridine rings is 1. The van der Waals surface area contributed by atoms with Gasteiger partial charge in [0.2, 0.25) is 0 Å². The van der Waals surface area contributed by atoms with E-state index in [0.717, 1.165) is 33.2 Å². The molecule has 0 aliphatic carbocycles.